The second kappa shape index (κ2) is 12.1. The van der Waals surface area contributed by atoms with Gasteiger partial charge in [-0.25, -0.2) is 0 Å². The molecule has 0 unspecified atom stereocenters. The van der Waals surface area contributed by atoms with Gasteiger partial charge in [-0.15, -0.1) is 0 Å². The Labute approximate surface area is 283 Å². The van der Waals surface area contributed by atoms with Crippen LogP contribution in [-0.2, 0) is 24.7 Å². The maximum Gasteiger partial charge on any atom is 0.417 e. The first kappa shape index (κ1) is 36.7. The molecule has 0 aliphatic carbocycles. The Morgan fingerprint density at radius 3 is 1.08 bits per heavy atom. The molecular formula is C32H14F12N8. The van der Waals surface area contributed by atoms with E-state index in [-0.39, 0.29) is 35.6 Å². The van der Waals surface area contributed by atoms with Crippen LogP contribution in [0.5, 0.6) is 0 Å². The smallest absolute Gasteiger partial charge is 0.338 e. The first-order valence-corrected chi connectivity index (χ1v) is 13.9. The van der Waals surface area contributed by atoms with E-state index in [1.54, 1.807) is 0 Å². The molecule has 0 saturated heterocycles. The summed E-state index contributed by atoms with van der Waals surface area (Å²) in [5.41, 5.74) is -15.4. The van der Waals surface area contributed by atoms with Gasteiger partial charge in [0.15, 0.2) is 11.1 Å². The van der Waals surface area contributed by atoms with Crippen molar-refractivity contribution in [2.24, 2.45) is 0 Å². The summed E-state index contributed by atoms with van der Waals surface area (Å²) >= 11 is 0. The highest BCUT2D eigenvalue weighted by atomic mass is 19.4. The number of hydrogen-bond donors (Lipinski definition) is 2. The molecule has 3 aromatic rings. The predicted octanol–water partition coefficient (Wildman–Crippen LogP) is 9.34. The van der Waals surface area contributed by atoms with Crippen molar-refractivity contribution in [1.29, 1.82) is 21.0 Å². The van der Waals surface area contributed by atoms with Crippen molar-refractivity contribution in [2.45, 2.75) is 24.7 Å². The van der Waals surface area contributed by atoms with Gasteiger partial charge in [-0.05, 0) is 35.4 Å². The van der Waals surface area contributed by atoms with Crippen molar-refractivity contribution in [3.8, 4) is 46.5 Å². The summed E-state index contributed by atoms with van der Waals surface area (Å²) in [5.74, 6) is -0.924. The van der Waals surface area contributed by atoms with Crippen LogP contribution in [0.2, 0.25) is 0 Å². The maximum atomic E-state index is 14.7. The second-order valence-corrected chi connectivity index (χ2v) is 11.0. The Morgan fingerprint density at radius 2 is 0.827 bits per heavy atom. The number of halogens is 12. The van der Waals surface area contributed by atoms with Gasteiger partial charge in [0.1, 0.15) is 35.9 Å². The number of benzene rings is 3. The van der Waals surface area contributed by atoms with Gasteiger partial charge in [0.2, 0.25) is 0 Å². The molecule has 3 aromatic carbocycles. The number of hydrogen-bond acceptors (Lipinski definition) is 8. The number of rotatable bonds is 2. The van der Waals surface area contributed by atoms with Gasteiger partial charge in [0, 0.05) is 25.2 Å². The van der Waals surface area contributed by atoms with Gasteiger partial charge in [0.25, 0.3) is 0 Å². The lowest BCUT2D eigenvalue weighted by atomic mass is 9.84. The summed E-state index contributed by atoms with van der Waals surface area (Å²) in [6, 6.07) is 6.50. The van der Waals surface area contributed by atoms with E-state index in [9.17, 15) is 73.7 Å². The number of anilines is 4. The molecule has 20 heteroatoms. The van der Waals surface area contributed by atoms with Gasteiger partial charge in [0.05, 0.1) is 45.0 Å². The molecule has 0 radical (unpaired) electrons. The zero-order valence-corrected chi connectivity index (χ0v) is 25.7. The van der Waals surface area contributed by atoms with Gasteiger partial charge >= 0.3 is 24.7 Å². The van der Waals surface area contributed by atoms with Crippen molar-refractivity contribution in [3.05, 3.63) is 81.4 Å². The SMILES string of the molecule is CN1C(=C(C#N)C#N)Nc2c(-c3ccc(C(F)(F)F)cc3C(F)(F)F)c(-c3ccc(C(F)(F)F)cc3C(F)(F)F)c3c(c21)N(C)C(=C(C#N)C#N)N3. The molecule has 0 fully saturated rings. The van der Waals surface area contributed by atoms with Crippen LogP contribution in [0.3, 0.4) is 0 Å². The lowest BCUT2D eigenvalue weighted by molar-refractivity contribution is -0.144. The molecule has 2 N–H and O–H groups in total. The highest BCUT2D eigenvalue weighted by Gasteiger charge is 2.46. The molecule has 0 aromatic heterocycles. The minimum atomic E-state index is -5.65. The molecule has 2 aliphatic heterocycles. The molecule has 0 atom stereocenters. The maximum absolute atomic E-state index is 14.7. The summed E-state index contributed by atoms with van der Waals surface area (Å²) in [6.45, 7) is 0. The van der Waals surface area contributed by atoms with Gasteiger partial charge in [-0.3, -0.25) is 0 Å². The minimum Gasteiger partial charge on any atom is -0.338 e. The third kappa shape index (κ3) is 5.88. The third-order valence-electron chi connectivity index (χ3n) is 8.04. The van der Waals surface area contributed by atoms with Gasteiger partial charge < -0.3 is 20.4 Å². The lowest BCUT2D eigenvalue weighted by Gasteiger charge is -2.26. The normalized spacial score (nSPS) is 14.0. The molecular weight excluding hydrogens is 724 g/mol. The molecule has 0 saturated carbocycles. The first-order valence-electron chi connectivity index (χ1n) is 13.9. The van der Waals surface area contributed by atoms with Gasteiger partial charge in [-0.2, -0.15) is 73.7 Å². The Bertz CT molecular complexity index is 2090. The molecule has 2 aliphatic rings. The highest BCUT2D eigenvalue weighted by Crippen LogP contribution is 2.62. The first-order chi connectivity index (χ1) is 24.0. The molecule has 0 bridgehead atoms. The molecule has 52 heavy (non-hydrogen) atoms. The Kier molecular flexibility index (Phi) is 8.52. The molecule has 2 heterocycles. The second-order valence-electron chi connectivity index (χ2n) is 11.0. The molecule has 8 nitrogen and oxygen atoms in total. The number of allylic oxidation sites excluding steroid dienone is 2. The van der Waals surface area contributed by atoms with Crippen LogP contribution in [0.25, 0.3) is 22.3 Å². The average molecular weight is 738 g/mol. The number of fused-ring (bicyclic) bond motifs is 3. The van der Waals surface area contributed by atoms with E-state index < -0.39 is 103 Å². The van der Waals surface area contributed by atoms with Crippen LogP contribution >= 0.6 is 0 Å². The largest absolute Gasteiger partial charge is 0.417 e. The Balaban J connectivity index is 2.13. The van der Waals surface area contributed by atoms with Crippen LogP contribution in [0.15, 0.2) is 59.2 Å². The lowest BCUT2D eigenvalue weighted by Crippen LogP contribution is -2.20. The van der Waals surface area contributed by atoms with Crippen molar-refractivity contribution in [1.82, 2.24) is 0 Å². The third-order valence-corrected chi connectivity index (χ3v) is 8.04. The Hall–Kier alpha value is -6.54. The molecule has 0 amide bonds. The van der Waals surface area contributed by atoms with Crippen LogP contribution < -0.4 is 20.4 Å². The van der Waals surface area contributed by atoms with Crippen LogP contribution in [-0.4, -0.2) is 14.1 Å². The summed E-state index contributed by atoms with van der Waals surface area (Å²) in [4.78, 5) is 2.02. The van der Waals surface area contributed by atoms with Crippen LogP contribution in [0, 0.1) is 45.3 Å². The van der Waals surface area contributed by atoms with Crippen LogP contribution in [0.1, 0.15) is 22.3 Å². The fourth-order valence-corrected chi connectivity index (χ4v) is 5.86. The topological polar surface area (TPSA) is 126 Å². The zero-order chi connectivity index (χ0) is 38.9. The van der Waals surface area contributed by atoms with E-state index in [1.165, 1.54) is 24.3 Å². The molecule has 266 valence electrons. The van der Waals surface area contributed by atoms with Crippen LogP contribution in [0.4, 0.5) is 75.4 Å². The standard InChI is InChI=1S/C32H14F12N8/c1-51-25-23(49-27(51)13(9-45)10-46)21(17-5-3-15(29(33,34)35)7-19(17)31(39,40)41)22(24-26(25)52(2)28(50-24)14(11-47)12-48)18-6-4-16(30(36,37)38)8-20(18)32(42,43)44/h3-8,49-50H,1-2H3. The van der Waals surface area contributed by atoms with E-state index >= 15 is 0 Å². The van der Waals surface area contributed by atoms with E-state index in [1.807, 2.05) is 0 Å². The molecule has 5 rings (SSSR count). The van der Waals surface area contributed by atoms with Crippen molar-refractivity contribution in [3.63, 3.8) is 0 Å². The fraction of sp³-hybridized carbons (Fsp3) is 0.188. The summed E-state index contributed by atoms with van der Waals surface area (Å²) in [7, 11) is 2.32. The van der Waals surface area contributed by atoms with Gasteiger partial charge in [-0.1, -0.05) is 12.1 Å². The quantitative estimate of drug-likeness (QED) is 0.197. The van der Waals surface area contributed by atoms with Crippen molar-refractivity contribution >= 4 is 22.7 Å². The monoisotopic (exact) mass is 738 g/mol. The number of nitriles is 4. The highest BCUT2D eigenvalue weighted by molar-refractivity contribution is 6.16. The van der Waals surface area contributed by atoms with E-state index in [0.717, 1.165) is 23.9 Å². The fourth-order valence-electron chi connectivity index (χ4n) is 5.86. The van der Waals surface area contributed by atoms with Crippen molar-refractivity contribution in [2.75, 3.05) is 34.5 Å². The van der Waals surface area contributed by atoms with E-state index in [0.29, 0.717) is 12.1 Å². The average Bonchev–Trinajstić information content (AvgIpc) is 3.55. The van der Waals surface area contributed by atoms with E-state index in [2.05, 4.69) is 10.6 Å². The Morgan fingerprint density at radius 1 is 0.519 bits per heavy atom. The minimum absolute atomic E-state index is 0.200. The summed E-state index contributed by atoms with van der Waals surface area (Å²) in [6.07, 6.45) is -22.0. The van der Waals surface area contributed by atoms with E-state index in [4.69, 9.17) is 0 Å². The van der Waals surface area contributed by atoms with Crippen molar-refractivity contribution < 1.29 is 52.7 Å². The zero-order valence-electron chi connectivity index (χ0n) is 25.7. The predicted molar refractivity (Wildman–Crippen MR) is 158 cm³/mol. The number of nitrogens with zero attached hydrogens (tertiary/aromatic N) is 6. The number of alkyl halides is 12. The summed E-state index contributed by atoms with van der Waals surface area (Å²) < 4.78 is 171. The molecule has 0 spiro atoms. The number of nitrogens with one attached hydrogen (secondary N) is 2. The summed E-state index contributed by atoms with van der Waals surface area (Å²) in [5, 5.41) is 43.5.